The maximum atomic E-state index is 6.23. The van der Waals surface area contributed by atoms with Gasteiger partial charge in [0.25, 0.3) is 0 Å². The van der Waals surface area contributed by atoms with Gasteiger partial charge < -0.3 is 10.1 Å². The van der Waals surface area contributed by atoms with Crippen molar-refractivity contribution in [2.24, 2.45) is 0 Å². The van der Waals surface area contributed by atoms with Gasteiger partial charge in [0, 0.05) is 18.2 Å². The number of hydrogen-bond donors (Lipinski definition) is 1. The van der Waals surface area contributed by atoms with Gasteiger partial charge in [0.05, 0.1) is 11.6 Å². The van der Waals surface area contributed by atoms with Crippen LogP contribution >= 0.6 is 23.4 Å². The average molecular weight is 302 g/mol. The number of rotatable bonds is 9. The number of halogens is 1. The van der Waals surface area contributed by atoms with Crippen LogP contribution in [0.1, 0.15) is 32.8 Å². The zero-order chi connectivity index (χ0) is 14.1. The first-order valence-corrected chi connectivity index (χ1v) is 8.39. The van der Waals surface area contributed by atoms with E-state index >= 15 is 0 Å². The van der Waals surface area contributed by atoms with E-state index in [4.69, 9.17) is 16.3 Å². The second-order valence-corrected chi connectivity index (χ2v) is 6.46. The molecule has 108 valence electrons. The molecule has 0 bridgehead atoms. The Morgan fingerprint density at radius 2 is 2.16 bits per heavy atom. The molecule has 1 aromatic rings. The number of nitrogens with one attached hydrogen (secondary N) is 1. The summed E-state index contributed by atoms with van der Waals surface area (Å²) in [6.07, 6.45) is 1.06. The summed E-state index contributed by atoms with van der Waals surface area (Å²) in [6.45, 7) is 7.96. The Morgan fingerprint density at radius 3 is 2.84 bits per heavy atom. The molecule has 0 spiro atoms. The van der Waals surface area contributed by atoms with Crippen molar-refractivity contribution >= 4 is 23.4 Å². The second kappa shape index (κ2) is 9.51. The number of hydrogen-bond acceptors (Lipinski definition) is 3. The van der Waals surface area contributed by atoms with Crippen LogP contribution in [-0.4, -0.2) is 24.2 Å². The molecule has 0 unspecified atom stereocenters. The Kier molecular flexibility index (Phi) is 8.35. The largest absolute Gasteiger partial charge is 0.492 e. The van der Waals surface area contributed by atoms with Gasteiger partial charge in [-0.15, -0.1) is 0 Å². The van der Waals surface area contributed by atoms with Crippen LogP contribution in [0.3, 0.4) is 0 Å². The minimum atomic E-state index is 0.452. The minimum Gasteiger partial charge on any atom is -0.492 e. The molecule has 1 aromatic carbocycles. The fourth-order valence-corrected chi connectivity index (χ4v) is 2.51. The predicted molar refractivity (Wildman–Crippen MR) is 86.5 cm³/mol. The van der Waals surface area contributed by atoms with E-state index in [0.29, 0.717) is 11.1 Å². The van der Waals surface area contributed by atoms with Crippen LogP contribution in [0.5, 0.6) is 5.75 Å². The predicted octanol–water partition coefficient (Wildman–Crippen LogP) is 4.36. The standard InChI is InChI=1S/C15H24ClNOS/c1-4-19-10-6-9-18-15-13(11-17-12(2)3)7-5-8-14(15)16/h5,7-8,12,17H,4,6,9-11H2,1-3H3. The molecular weight excluding hydrogens is 278 g/mol. The molecule has 0 aromatic heterocycles. The Labute approximate surface area is 126 Å². The summed E-state index contributed by atoms with van der Waals surface area (Å²) < 4.78 is 5.86. The van der Waals surface area contributed by atoms with Crippen molar-refractivity contribution in [3.63, 3.8) is 0 Å². The third-order valence-electron chi connectivity index (χ3n) is 2.63. The topological polar surface area (TPSA) is 21.3 Å². The molecule has 0 aliphatic carbocycles. The summed E-state index contributed by atoms with van der Waals surface area (Å²) in [5.41, 5.74) is 1.13. The molecule has 0 fully saturated rings. The molecule has 1 rings (SSSR count). The Bertz CT molecular complexity index is 371. The first-order chi connectivity index (χ1) is 9.15. The van der Waals surface area contributed by atoms with Crippen molar-refractivity contribution in [2.75, 3.05) is 18.1 Å². The van der Waals surface area contributed by atoms with Crippen LogP contribution in [0.25, 0.3) is 0 Å². The van der Waals surface area contributed by atoms with Gasteiger partial charge in [-0.3, -0.25) is 0 Å². The van der Waals surface area contributed by atoms with Gasteiger partial charge in [-0.05, 0) is 24.0 Å². The van der Waals surface area contributed by atoms with E-state index in [2.05, 4.69) is 32.2 Å². The van der Waals surface area contributed by atoms with Crippen LogP contribution in [0.4, 0.5) is 0 Å². The van der Waals surface area contributed by atoms with Gasteiger partial charge >= 0.3 is 0 Å². The van der Waals surface area contributed by atoms with Gasteiger partial charge in [0.2, 0.25) is 0 Å². The Hall–Kier alpha value is -0.380. The van der Waals surface area contributed by atoms with Crippen molar-refractivity contribution < 1.29 is 4.74 Å². The summed E-state index contributed by atoms with van der Waals surface area (Å²) in [5, 5.41) is 4.10. The van der Waals surface area contributed by atoms with Crippen LogP contribution in [-0.2, 0) is 6.54 Å². The van der Waals surface area contributed by atoms with E-state index in [0.717, 1.165) is 42.4 Å². The van der Waals surface area contributed by atoms with Crippen LogP contribution < -0.4 is 10.1 Å². The highest BCUT2D eigenvalue weighted by atomic mass is 35.5. The molecule has 0 amide bonds. The minimum absolute atomic E-state index is 0.452. The molecule has 0 aliphatic rings. The van der Waals surface area contributed by atoms with Crippen molar-refractivity contribution in [3.05, 3.63) is 28.8 Å². The lowest BCUT2D eigenvalue weighted by Gasteiger charge is -2.15. The fourth-order valence-electron chi connectivity index (χ4n) is 1.65. The highest BCUT2D eigenvalue weighted by Gasteiger charge is 2.08. The third kappa shape index (κ3) is 6.55. The number of ether oxygens (including phenoxy) is 1. The van der Waals surface area contributed by atoms with Crippen molar-refractivity contribution in [1.82, 2.24) is 5.32 Å². The molecular formula is C15H24ClNOS. The molecule has 4 heteroatoms. The summed E-state index contributed by atoms with van der Waals surface area (Å²) >= 11 is 8.17. The van der Waals surface area contributed by atoms with Crippen molar-refractivity contribution in [1.29, 1.82) is 0 Å². The molecule has 0 aliphatic heterocycles. The first kappa shape index (κ1) is 16.7. The number of benzene rings is 1. The van der Waals surface area contributed by atoms with Crippen molar-refractivity contribution in [3.8, 4) is 5.75 Å². The lowest BCUT2D eigenvalue weighted by Crippen LogP contribution is -2.22. The zero-order valence-electron chi connectivity index (χ0n) is 12.0. The average Bonchev–Trinajstić information content (AvgIpc) is 2.38. The maximum Gasteiger partial charge on any atom is 0.142 e. The Morgan fingerprint density at radius 1 is 1.37 bits per heavy atom. The van der Waals surface area contributed by atoms with Gasteiger partial charge in [-0.1, -0.05) is 44.5 Å². The smallest absolute Gasteiger partial charge is 0.142 e. The van der Waals surface area contributed by atoms with Gasteiger partial charge in [-0.2, -0.15) is 11.8 Å². The van der Waals surface area contributed by atoms with E-state index in [1.807, 2.05) is 23.9 Å². The van der Waals surface area contributed by atoms with E-state index < -0.39 is 0 Å². The maximum absolute atomic E-state index is 6.23. The highest BCUT2D eigenvalue weighted by molar-refractivity contribution is 7.99. The molecule has 0 atom stereocenters. The van der Waals surface area contributed by atoms with Crippen LogP contribution in [0.2, 0.25) is 5.02 Å². The normalized spacial score (nSPS) is 11.0. The quantitative estimate of drug-likeness (QED) is 0.685. The summed E-state index contributed by atoms with van der Waals surface area (Å²) in [4.78, 5) is 0. The second-order valence-electron chi connectivity index (χ2n) is 4.66. The van der Waals surface area contributed by atoms with E-state index in [-0.39, 0.29) is 0 Å². The summed E-state index contributed by atoms with van der Waals surface area (Å²) in [5.74, 6) is 3.13. The van der Waals surface area contributed by atoms with E-state index in [1.165, 1.54) is 0 Å². The van der Waals surface area contributed by atoms with E-state index in [1.54, 1.807) is 0 Å². The molecule has 2 nitrogen and oxygen atoms in total. The van der Waals surface area contributed by atoms with Crippen molar-refractivity contribution in [2.45, 2.75) is 39.8 Å². The Balaban J connectivity index is 2.54. The van der Waals surface area contributed by atoms with Gasteiger partial charge in [0.15, 0.2) is 0 Å². The molecule has 1 N–H and O–H groups in total. The summed E-state index contributed by atoms with van der Waals surface area (Å²) in [7, 11) is 0. The lowest BCUT2D eigenvalue weighted by atomic mass is 10.2. The summed E-state index contributed by atoms with van der Waals surface area (Å²) in [6, 6.07) is 6.38. The van der Waals surface area contributed by atoms with Gasteiger partial charge in [-0.25, -0.2) is 0 Å². The zero-order valence-corrected chi connectivity index (χ0v) is 13.6. The molecule has 19 heavy (non-hydrogen) atoms. The molecule has 0 radical (unpaired) electrons. The fraction of sp³-hybridized carbons (Fsp3) is 0.600. The number of thioether (sulfide) groups is 1. The van der Waals surface area contributed by atoms with E-state index in [9.17, 15) is 0 Å². The number of para-hydroxylation sites is 1. The lowest BCUT2D eigenvalue weighted by molar-refractivity contribution is 0.314. The molecule has 0 heterocycles. The highest BCUT2D eigenvalue weighted by Crippen LogP contribution is 2.28. The van der Waals surface area contributed by atoms with Crippen LogP contribution in [0, 0.1) is 0 Å². The van der Waals surface area contributed by atoms with Crippen LogP contribution in [0.15, 0.2) is 18.2 Å². The third-order valence-corrected chi connectivity index (χ3v) is 3.92. The monoisotopic (exact) mass is 301 g/mol. The first-order valence-electron chi connectivity index (χ1n) is 6.86. The van der Waals surface area contributed by atoms with Gasteiger partial charge in [0.1, 0.15) is 5.75 Å². The molecule has 0 saturated heterocycles. The SMILES string of the molecule is CCSCCCOc1c(Cl)cccc1CNC(C)C. The molecule has 0 saturated carbocycles.